The van der Waals surface area contributed by atoms with Crippen molar-refractivity contribution in [3.8, 4) is 5.75 Å². The average Bonchev–Trinajstić information content (AvgIpc) is 2.61. The van der Waals surface area contributed by atoms with Gasteiger partial charge in [-0.15, -0.1) is 0 Å². The van der Waals surface area contributed by atoms with Crippen molar-refractivity contribution in [1.82, 2.24) is 0 Å². The van der Waals surface area contributed by atoms with E-state index in [1.807, 2.05) is 79.7 Å². The lowest BCUT2D eigenvalue weighted by molar-refractivity contribution is 0.102. The monoisotopic (exact) mass is 317 g/mol. The average molecular weight is 317 g/mol. The third-order valence-electron chi connectivity index (χ3n) is 3.62. The molecule has 24 heavy (non-hydrogen) atoms. The Bertz CT molecular complexity index is 828. The van der Waals surface area contributed by atoms with Crippen molar-refractivity contribution in [2.45, 2.75) is 13.5 Å². The minimum atomic E-state index is -0.126. The quantitative estimate of drug-likeness (QED) is 0.732. The Morgan fingerprint density at radius 3 is 2.50 bits per heavy atom. The normalized spacial score (nSPS) is 10.2. The summed E-state index contributed by atoms with van der Waals surface area (Å²) in [6.07, 6.45) is 0. The van der Waals surface area contributed by atoms with Gasteiger partial charge in [0.05, 0.1) is 0 Å². The molecular formula is C21H19NO2. The highest BCUT2D eigenvalue weighted by Gasteiger charge is 2.06. The highest BCUT2D eigenvalue weighted by atomic mass is 16.5. The Kier molecular flexibility index (Phi) is 4.92. The number of carbonyl (C=O) groups excluding carboxylic acids is 1. The lowest BCUT2D eigenvalue weighted by Gasteiger charge is -2.10. The summed E-state index contributed by atoms with van der Waals surface area (Å²) in [7, 11) is 0. The minimum absolute atomic E-state index is 0.126. The minimum Gasteiger partial charge on any atom is -0.489 e. The molecule has 0 aliphatic rings. The molecule has 0 unspecified atom stereocenters. The third kappa shape index (κ3) is 4.23. The van der Waals surface area contributed by atoms with Gasteiger partial charge in [-0.25, -0.2) is 0 Å². The van der Waals surface area contributed by atoms with Crippen molar-refractivity contribution in [3.05, 3.63) is 95.6 Å². The van der Waals surface area contributed by atoms with Crippen LogP contribution < -0.4 is 10.1 Å². The van der Waals surface area contributed by atoms with Gasteiger partial charge in [0.25, 0.3) is 5.91 Å². The molecule has 3 aromatic carbocycles. The van der Waals surface area contributed by atoms with Gasteiger partial charge in [0.2, 0.25) is 0 Å². The highest BCUT2D eigenvalue weighted by Crippen LogP contribution is 2.19. The van der Waals surface area contributed by atoms with E-state index in [9.17, 15) is 4.79 Å². The van der Waals surface area contributed by atoms with Crippen LogP contribution in [-0.4, -0.2) is 5.91 Å². The molecule has 0 atom stereocenters. The zero-order valence-electron chi connectivity index (χ0n) is 13.5. The summed E-state index contributed by atoms with van der Waals surface area (Å²) >= 11 is 0. The molecule has 0 saturated heterocycles. The molecule has 0 aliphatic heterocycles. The van der Waals surface area contributed by atoms with Gasteiger partial charge in [-0.1, -0.05) is 54.1 Å². The Morgan fingerprint density at radius 2 is 1.71 bits per heavy atom. The lowest BCUT2D eigenvalue weighted by atomic mass is 10.1. The number of ether oxygens (including phenoxy) is 1. The van der Waals surface area contributed by atoms with Gasteiger partial charge in [0, 0.05) is 17.3 Å². The zero-order valence-corrected chi connectivity index (χ0v) is 13.5. The molecule has 1 N–H and O–H groups in total. The smallest absolute Gasteiger partial charge is 0.255 e. The van der Waals surface area contributed by atoms with E-state index in [0.717, 1.165) is 16.9 Å². The number of hydrogen-bond donors (Lipinski definition) is 1. The largest absolute Gasteiger partial charge is 0.489 e. The fraction of sp³-hybridized carbons (Fsp3) is 0.0952. The van der Waals surface area contributed by atoms with Gasteiger partial charge in [-0.3, -0.25) is 4.79 Å². The maximum Gasteiger partial charge on any atom is 0.255 e. The van der Waals surface area contributed by atoms with E-state index in [2.05, 4.69) is 5.32 Å². The van der Waals surface area contributed by atoms with Gasteiger partial charge in [-0.05, 0) is 36.8 Å². The second-order valence-electron chi connectivity index (χ2n) is 5.63. The summed E-state index contributed by atoms with van der Waals surface area (Å²) in [4.78, 5) is 12.3. The number of anilines is 1. The van der Waals surface area contributed by atoms with Crippen LogP contribution in [0.3, 0.4) is 0 Å². The van der Waals surface area contributed by atoms with Crippen LogP contribution in [0.2, 0.25) is 0 Å². The predicted molar refractivity (Wildman–Crippen MR) is 96.3 cm³/mol. The molecule has 0 radical (unpaired) electrons. The fourth-order valence-corrected chi connectivity index (χ4v) is 2.39. The number of aryl methyl sites for hydroxylation is 1. The first-order valence-corrected chi connectivity index (χ1v) is 7.85. The Labute approximate surface area is 141 Å². The van der Waals surface area contributed by atoms with E-state index < -0.39 is 0 Å². The summed E-state index contributed by atoms with van der Waals surface area (Å²) in [5, 5.41) is 2.91. The number of nitrogens with one attached hydrogen (secondary N) is 1. The van der Waals surface area contributed by atoms with E-state index in [1.165, 1.54) is 0 Å². The molecular weight excluding hydrogens is 298 g/mol. The maximum atomic E-state index is 12.3. The molecule has 0 heterocycles. The number of benzene rings is 3. The molecule has 0 aromatic heterocycles. The molecule has 3 heteroatoms. The molecule has 3 nitrogen and oxygen atoms in total. The Balaban J connectivity index is 1.65. The summed E-state index contributed by atoms with van der Waals surface area (Å²) in [6, 6.07) is 24.9. The van der Waals surface area contributed by atoms with Gasteiger partial charge >= 0.3 is 0 Å². The predicted octanol–water partition coefficient (Wildman–Crippen LogP) is 4.83. The fourth-order valence-electron chi connectivity index (χ4n) is 2.39. The molecule has 1 amide bonds. The first kappa shape index (κ1) is 15.8. The molecule has 120 valence electrons. The molecule has 0 fully saturated rings. The van der Waals surface area contributed by atoms with Crippen molar-refractivity contribution >= 4 is 11.6 Å². The van der Waals surface area contributed by atoms with E-state index in [-0.39, 0.29) is 5.91 Å². The molecule has 0 bridgehead atoms. The van der Waals surface area contributed by atoms with E-state index in [4.69, 9.17) is 4.74 Å². The van der Waals surface area contributed by atoms with E-state index in [0.29, 0.717) is 17.9 Å². The number of hydrogen-bond acceptors (Lipinski definition) is 2. The van der Waals surface area contributed by atoms with E-state index in [1.54, 1.807) is 6.07 Å². The van der Waals surface area contributed by atoms with Crippen molar-refractivity contribution in [2.24, 2.45) is 0 Å². The standard InChI is InChI=1S/C21H19NO2/c1-16-7-5-10-18(13-16)21(23)22-19-11-6-12-20(14-19)24-15-17-8-3-2-4-9-17/h2-14H,15H2,1H3,(H,22,23). The van der Waals surface area contributed by atoms with Crippen LogP contribution in [-0.2, 0) is 6.61 Å². The topological polar surface area (TPSA) is 38.3 Å². The van der Waals surface area contributed by atoms with Crippen LogP contribution in [0.15, 0.2) is 78.9 Å². The second kappa shape index (κ2) is 7.47. The van der Waals surface area contributed by atoms with Gasteiger partial charge in [-0.2, -0.15) is 0 Å². The van der Waals surface area contributed by atoms with Gasteiger partial charge in [0.1, 0.15) is 12.4 Å². The molecule has 0 spiro atoms. The van der Waals surface area contributed by atoms with Crippen LogP contribution in [0.5, 0.6) is 5.75 Å². The zero-order chi connectivity index (χ0) is 16.8. The molecule has 0 aliphatic carbocycles. The number of rotatable bonds is 5. The molecule has 3 rings (SSSR count). The summed E-state index contributed by atoms with van der Waals surface area (Å²) < 4.78 is 5.79. The van der Waals surface area contributed by atoms with Crippen LogP contribution in [0, 0.1) is 6.92 Å². The molecule has 0 saturated carbocycles. The van der Waals surface area contributed by atoms with Crippen molar-refractivity contribution in [3.63, 3.8) is 0 Å². The summed E-state index contributed by atoms with van der Waals surface area (Å²) in [6.45, 7) is 2.46. The second-order valence-corrected chi connectivity index (χ2v) is 5.63. The van der Waals surface area contributed by atoms with Crippen molar-refractivity contribution < 1.29 is 9.53 Å². The van der Waals surface area contributed by atoms with Crippen LogP contribution in [0.1, 0.15) is 21.5 Å². The first-order chi connectivity index (χ1) is 11.7. The van der Waals surface area contributed by atoms with E-state index >= 15 is 0 Å². The SMILES string of the molecule is Cc1cccc(C(=O)Nc2cccc(OCc3ccccc3)c2)c1. The van der Waals surface area contributed by atoms with Crippen molar-refractivity contribution in [2.75, 3.05) is 5.32 Å². The third-order valence-corrected chi connectivity index (χ3v) is 3.62. The summed E-state index contributed by atoms with van der Waals surface area (Å²) in [5.74, 6) is 0.597. The Hall–Kier alpha value is -3.07. The van der Waals surface area contributed by atoms with Gasteiger partial charge in [0.15, 0.2) is 0 Å². The van der Waals surface area contributed by atoms with Crippen LogP contribution in [0.4, 0.5) is 5.69 Å². The maximum absolute atomic E-state index is 12.3. The highest BCUT2D eigenvalue weighted by molar-refractivity contribution is 6.04. The number of carbonyl (C=O) groups is 1. The number of amides is 1. The first-order valence-electron chi connectivity index (χ1n) is 7.85. The lowest BCUT2D eigenvalue weighted by Crippen LogP contribution is -2.12. The van der Waals surface area contributed by atoms with Crippen LogP contribution >= 0.6 is 0 Å². The van der Waals surface area contributed by atoms with Crippen LogP contribution in [0.25, 0.3) is 0 Å². The Morgan fingerprint density at radius 1 is 0.917 bits per heavy atom. The van der Waals surface area contributed by atoms with Gasteiger partial charge < -0.3 is 10.1 Å². The van der Waals surface area contributed by atoms with Crippen molar-refractivity contribution in [1.29, 1.82) is 0 Å². The summed E-state index contributed by atoms with van der Waals surface area (Å²) in [5.41, 5.74) is 3.52. The molecule has 3 aromatic rings.